The van der Waals surface area contributed by atoms with Gasteiger partial charge in [-0.05, 0) is 24.8 Å². The lowest BCUT2D eigenvalue weighted by atomic mass is 10.2. The zero-order valence-corrected chi connectivity index (χ0v) is 12.3. The Hall–Kier alpha value is -2.10. The van der Waals surface area contributed by atoms with E-state index in [1.807, 2.05) is 42.5 Å². The molecule has 1 aromatic rings. The van der Waals surface area contributed by atoms with E-state index in [0.717, 1.165) is 24.8 Å². The van der Waals surface area contributed by atoms with Crippen molar-refractivity contribution in [2.24, 2.45) is 0 Å². The Morgan fingerprint density at radius 2 is 1.81 bits per heavy atom. The number of amides is 1. The van der Waals surface area contributed by atoms with Crippen LogP contribution in [0.15, 0.2) is 36.4 Å². The molecule has 0 atom stereocenters. The summed E-state index contributed by atoms with van der Waals surface area (Å²) in [5, 5.41) is 11.3. The predicted molar refractivity (Wildman–Crippen MR) is 83.8 cm³/mol. The number of unbranched alkanes of at least 4 members (excludes halogenated alkanes) is 2. The third kappa shape index (κ3) is 9.44. The van der Waals surface area contributed by atoms with Gasteiger partial charge in [0.15, 0.2) is 0 Å². The van der Waals surface area contributed by atoms with Gasteiger partial charge in [-0.3, -0.25) is 9.59 Å². The normalized spacial score (nSPS) is 10.7. The van der Waals surface area contributed by atoms with Crippen LogP contribution >= 0.6 is 0 Å². The van der Waals surface area contributed by atoms with E-state index >= 15 is 0 Å². The fraction of sp³-hybridized carbons (Fsp3) is 0.412. The molecule has 1 amide bonds. The van der Waals surface area contributed by atoms with E-state index in [1.54, 1.807) is 0 Å². The Bertz CT molecular complexity index is 454. The topological polar surface area (TPSA) is 66.4 Å². The quantitative estimate of drug-likeness (QED) is 0.650. The highest BCUT2D eigenvalue weighted by Gasteiger charge is 1.99. The van der Waals surface area contributed by atoms with Crippen molar-refractivity contribution in [3.05, 3.63) is 42.0 Å². The first-order valence-corrected chi connectivity index (χ1v) is 7.38. The fourth-order valence-corrected chi connectivity index (χ4v) is 1.89. The molecule has 0 fully saturated rings. The number of rotatable bonds is 10. The van der Waals surface area contributed by atoms with E-state index in [1.165, 1.54) is 0 Å². The summed E-state index contributed by atoms with van der Waals surface area (Å²) in [6.45, 7) is 0.626. The minimum Gasteiger partial charge on any atom is -0.481 e. The van der Waals surface area contributed by atoms with Gasteiger partial charge in [-0.1, -0.05) is 48.9 Å². The lowest BCUT2D eigenvalue weighted by Gasteiger charge is -2.03. The molecule has 4 heteroatoms. The molecule has 0 radical (unpaired) electrons. The van der Waals surface area contributed by atoms with E-state index < -0.39 is 5.97 Å². The van der Waals surface area contributed by atoms with E-state index in [0.29, 0.717) is 19.4 Å². The first-order chi connectivity index (χ1) is 10.2. The minimum absolute atomic E-state index is 0.0472. The van der Waals surface area contributed by atoms with Crippen LogP contribution in [-0.2, 0) is 9.59 Å². The van der Waals surface area contributed by atoms with E-state index in [-0.39, 0.29) is 12.3 Å². The Labute approximate surface area is 125 Å². The number of hydrogen-bond donors (Lipinski definition) is 2. The molecular weight excluding hydrogens is 266 g/mol. The van der Waals surface area contributed by atoms with Gasteiger partial charge >= 0.3 is 5.97 Å². The van der Waals surface area contributed by atoms with Crippen molar-refractivity contribution < 1.29 is 14.7 Å². The Balaban J connectivity index is 2.01. The van der Waals surface area contributed by atoms with Crippen LogP contribution in [0.3, 0.4) is 0 Å². The molecule has 0 aliphatic heterocycles. The molecule has 1 aromatic carbocycles. The second kappa shape index (κ2) is 10.7. The van der Waals surface area contributed by atoms with E-state index in [2.05, 4.69) is 5.32 Å². The molecule has 21 heavy (non-hydrogen) atoms. The average molecular weight is 289 g/mol. The molecule has 0 saturated heterocycles. The van der Waals surface area contributed by atoms with Crippen LogP contribution in [0.25, 0.3) is 6.08 Å². The van der Waals surface area contributed by atoms with Crippen molar-refractivity contribution >= 4 is 18.0 Å². The summed E-state index contributed by atoms with van der Waals surface area (Å²) in [4.78, 5) is 21.9. The summed E-state index contributed by atoms with van der Waals surface area (Å²) in [6, 6.07) is 9.98. The van der Waals surface area contributed by atoms with Crippen LogP contribution in [0.2, 0.25) is 0 Å². The highest BCUT2D eigenvalue weighted by Crippen LogP contribution is 2.03. The number of allylic oxidation sites excluding steroid dienone is 1. The van der Waals surface area contributed by atoms with E-state index in [9.17, 15) is 9.59 Å². The molecule has 0 aliphatic carbocycles. The van der Waals surface area contributed by atoms with Gasteiger partial charge in [0.1, 0.15) is 0 Å². The molecule has 0 bridgehead atoms. The van der Waals surface area contributed by atoms with Crippen LogP contribution < -0.4 is 5.32 Å². The first kappa shape index (κ1) is 17.0. The SMILES string of the molecule is O=C(O)CCCCCNC(=O)CC/C=C/c1ccccc1. The molecule has 0 unspecified atom stereocenters. The Morgan fingerprint density at radius 3 is 2.52 bits per heavy atom. The van der Waals surface area contributed by atoms with Gasteiger partial charge in [-0.15, -0.1) is 0 Å². The zero-order chi connectivity index (χ0) is 15.3. The maximum Gasteiger partial charge on any atom is 0.303 e. The van der Waals surface area contributed by atoms with E-state index in [4.69, 9.17) is 5.11 Å². The summed E-state index contributed by atoms with van der Waals surface area (Å²) in [6.07, 6.45) is 7.77. The van der Waals surface area contributed by atoms with Crippen LogP contribution in [0.5, 0.6) is 0 Å². The lowest BCUT2D eigenvalue weighted by molar-refractivity contribution is -0.137. The molecule has 4 nitrogen and oxygen atoms in total. The Morgan fingerprint density at radius 1 is 1.05 bits per heavy atom. The number of aliphatic carboxylic acids is 1. The largest absolute Gasteiger partial charge is 0.481 e. The minimum atomic E-state index is -0.760. The summed E-state index contributed by atoms with van der Waals surface area (Å²) < 4.78 is 0. The first-order valence-electron chi connectivity index (χ1n) is 7.38. The number of nitrogens with one attached hydrogen (secondary N) is 1. The number of hydrogen-bond acceptors (Lipinski definition) is 2. The van der Waals surface area contributed by atoms with Gasteiger partial charge in [-0.25, -0.2) is 0 Å². The molecule has 114 valence electrons. The number of carbonyl (C=O) groups excluding carboxylic acids is 1. The van der Waals surface area contributed by atoms with Crippen LogP contribution in [0.4, 0.5) is 0 Å². The van der Waals surface area contributed by atoms with Crippen molar-refractivity contribution in [2.75, 3.05) is 6.54 Å². The van der Waals surface area contributed by atoms with Gasteiger partial charge < -0.3 is 10.4 Å². The van der Waals surface area contributed by atoms with Crippen molar-refractivity contribution in [2.45, 2.75) is 38.5 Å². The lowest BCUT2D eigenvalue weighted by Crippen LogP contribution is -2.23. The van der Waals surface area contributed by atoms with Crippen LogP contribution in [-0.4, -0.2) is 23.5 Å². The van der Waals surface area contributed by atoms with Crippen LogP contribution in [0.1, 0.15) is 44.1 Å². The van der Waals surface area contributed by atoms with Gasteiger partial charge in [0.25, 0.3) is 0 Å². The third-order valence-corrected chi connectivity index (χ3v) is 3.04. The highest BCUT2D eigenvalue weighted by molar-refractivity contribution is 5.76. The summed E-state index contributed by atoms with van der Waals surface area (Å²) >= 11 is 0. The van der Waals surface area contributed by atoms with Gasteiger partial charge in [-0.2, -0.15) is 0 Å². The van der Waals surface area contributed by atoms with Crippen LogP contribution in [0, 0.1) is 0 Å². The maximum absolute atomic E-state index is 11.6. The zero-order valence-electron chi connectivity index (χ0n) is 12.3. The monoisotopic (exact) mass is 289 g/mol. The summed E-state index contributed by atoms with van der Waals surface area (Å²) in [5.41, 5.74) is 1.14. The van der Waals surface area contributed by atoms with Crippen molar-refractivity contribution in [3.8, 4) is 0 Å². The molecule has 2 N–H and O–H groups in total. The highest BCUT2D eigenvalue weighted by atomic mass is 16.4. The number of carbonyl (C=O) groups is 2. The molecule has 0 saturated carbocycles. The Kier molecular flexibility index (Phi) is 8.61. The van der Waals surface area contributed by atoms with Crippen molar-refractivity contribution in [1.82, 2.24) is 5.32 Å². The summed E-state index contributed by atoms with van der Waals surface area (Å²) in [7, 11) is 0. The molecule has 0 aromatic heterocycles. The van der Waals surface area contributed by atoms with Gasteiger partial charge in [0, 0.05) is 19.4 Å². The number of carboxylic acid groups (broad SMARTS) is 1. The smallest absolute Gasteiger partial charge is 0.303 e. The summed E-state index contributed by atoms with van der Waals surface area (Å²) in [5.74, 6) is -0.713. The van der Waals surface area contributed by atoms with Gasteiger partial charge in [0.05, 0.1) is 0 Å². The number of carboxylic acids is 1. The second-order valence-corrected chi connectivity index (χ2v) is 4.91. The van der Waals surface area contributed by atoms with Crippen molar-refractivity contribution in [3.63, 3.8) is 0 Å². The standard InChI is InChI=1S/C17H23NO3/c19-16(18-14-8-2-5-13-17(20)21)12-7-6-11-15-9-3-1-4-10-15/h1,3-4,6,9-11H,2,5,7-8,12-14H2,(H,18,19)(H,20,21)/b11-6+. The molecule has 0 spiro atoms. The van der Waals surface area contributed by atoms with Gasteiger partial charge in [0.2, 0.25) is 5.91 Å². The number of benzene rings is 1. The fourth-order valence-electron chi connectivity index (χ4n) is 1.89. The third-order valence-electron chi connectivity index (χ3n) is 3.04. The average Bonchev–Trinajstić information content (AvgIpc) is 2.48. The van der Waals surface area contributed by atoms with Crippen molar-refractivity contribution in [1.29, 1.82) is 0 Å². The second-order valence-electron chi connectivity index (χ2n) is 4.91. The predicted octanol–water partition coefficient (Wildman–Crippen LogP) is 3.24. The maximum atomic E-state index is 11.6. The molecular formula is C17H23NO3. The molecule has 1 rings (SSSR count). The molecule has 0 heterocycles. The molecule has 0 aliphatic rings.